The van der Waals surface area contributed by atoms with Gasteiger partial charge in [0.15, 0.2) is 0 Å². The molecule has 0 fully saturated rings. The number of anilines is 1. The summed E-state index contributed by atoms with van der Waals surface area (Å²) < 4.78 is 5.21. The molecule has 0 saturated heterocycles. The highest BCUT2D eigenvalue weighted by Gasteiger charge is 2.09. The fraction of sp³-hybridized carbons (Fsp3) is 0.143. The van der Waals surface area contributed by atoms with Crippen LogP contribution in [0.4, 0.5) is 5.69 Å². The third-order valence-electron chi connectivity index (χ3n) is 2.63. The average Bonchev–Trinajstić information content (AvgIpc) is 2.39. The highest BCUT2D eigenvalue weighted by molar-refractivity contribution is 7.99. The zero-order chi connectivity index (χ0) is 13.1. The number of hydrogen-bond acceptors (Lipinski definition) is 3. The maximum Gasteiger partial charge on any atom is 0.119 e. The first-order chi connectivity index (χ1) is 8.61. The Morgan fingerprint density at radius 1 is 1.22 bits per heavy atom. The minimum Gasteiger partial charge on any atom is -0.497 e. The predicted molar refractivity (Wildman–Crippen MR) is 77.7 cm³/mol. The van der Waals surface area contributed by atoms with Crippen LogP contribution in [-0.2, 0) is 0 Å². The van der Waals surface area contributed by atoms with Gasteiger partial charge in [0.05, 0.1) is 7.11 Å². The summed E-state index contributed by atoms with van der Waals surface area (Å²) in [5, 5.41) is 0.731. The molecule has 0 unspecified atom stereocenters. The van der Waals surface area contributed by atoms with Crippen molar-refractivity contribution in [1.29, 1.82) is 0 Å². The molecule has 0 heterocycles. The van der Waals surface area contributed by atoms with E-state index in [4.69, 9.17) is 22.1 Å². The monoisotopic (exact) mass is 279 g/mol. The molecule has 0 atom stereocenters. The van der Waals surface area contributed by atoms with Crippen molar-refractivity contribution in [1.82, 2.24) is 0 Å². The van der Waals surface area contributed by atoms with Crippen molar-refractivity contribution in [3.8, 4) is 5.75 Å². The van der Waals surface area contributed by atoms with E-state index in [9.17, 15) is 0 Å². The number of methoxy groups -OCH3 is 1. The summed E-state index contributed by atoms with van der Waals surface area (Å²) in [7, 11) is 1.66. The molecule has 0 spiro atoms. The molecule has 2 N–H and O–H groups in total. The van der Waals surface area contributed by atoms with E-state index in [1.54, 1.807) is 18.9 Å². The van der Waals surface area contributed by atoms with E-state index in [1.807, 2.05) is 43.3 Å². The Balaban J connectivity index is 2.36. The summed E-state index contributed by atoms with van der Waals surface area (Å²) >= 11 is 7.71. The van der Waals surface area contributed by atoms with Gasteiger partial charge >= 0.3 is 0 Å². The molecule has 2 aromatic rings. The number of nitrogens with two attached hydrogens (primary N) is 1. The summed E-state index contributed by atoms with van der Waals surface area (Å²) in [6.07, 6.45) is 0. The zero-order valence-corrected chi connectivity index (χ0v) is 11.8. The van der Waals surface area contributed by atoms with Gasteiger partial charge in [-0.15, -0.1) is 0 Å². The van der Waals surface area contributed by atoms with Gasteiger partial charge in [-0.25, -0.2) is 0 Å². The van der Waals surface area contributed by atoms with E-state index < -0.39 is 0 Å². The van der Waals surface area contributed by atoms with E-state index in [-0.39, 0.29) is 0 Å². The molecule has 0 aliphatic rings. The predicted octanol–water partition coefficient (Wildman–Crippen LogP) is 4.39. The van der Waals surface area contributed by atoms with Gasteiger partial charge in [0.1, 0.15) is 5.75 Å². The smallest absolute Gasteiger partial charge is 0.119 e. The third kappa shape index (κ3) is 2.74. The number of benzene rings is 2. The van der Waals surface area contributed by atoms with Crippen LogP contribution in [0.25, 0.3) is 0 Å². The van der Waals surface area contributed by atoms with E-state index in [0.717, 1.165) is 31.8 Å². The highest BCUT2D eigenvalue weighted by Crippen LogP contribution is 2.38. The summed E-state index contributed by atoms with van der Waals surface area (Å²) in [6, 6.07) is 11.5. The minimum absolute atomic E-state index is 0.731. The number of halogens is 1. The van der Waals surface area contributed by atoms with E-state index >= 15 is 0 Å². The molecule has 2 aromatic carbocycles. The van der Waals surface area contributed by atoms with E-state index in [1.165, 1.54) is 0 Å². The molecule has 0 aliphatic carbocycles. The Morgan fingerprint density at radius 2 is 2.00 bits per heavy atom. The summed E-state index contributed by atoms with van der Waals surface area (Å²) in [5.41, 5.74) is 7.74. The topological polar surface area (TPSA) is 35.2 Å². The molecule has 0 aromatic heterocycles. The second-order valence-corrected chi connectivity index (χ2v) is 5.36. The van der Waals surface area contributed by atoms with Crippen LogP contribution in [0.2, 0.25) is 5.02 Å². The molecule has 2 nitrogen and oxygen atoms in total. The first kappa shape index (κ1) is 13.1. The lowest BCUT2D eigenvalue weighted by Crippen LogP contribution is -1.92. The zero-order valence-electron chi connectivity index (χ0n) is 10.2. The maximum absolute atomic E-state index is 6.12. The van der Waals surface area contributed by atoms with Crippen LogP contribution >= 0.6 is 23.4 Å². The van der Waals surface area contributed by atoms with Gasteiger partial charge in [-0.2, -0.15) is 0 Å². The molecule has 4 heteroatoms. The molecule has 0 amide bonds. The number of ether oxygens (including phenoxy) is 1. The summed E-state index contributed by atoms with van der Waals surface area (Å²) in [5.74, 6) is 0.832. The van der Waals surface area contributed by atoms with Crippen molar-refractivity contribution >= 4 is 29.1 Å². The van der Waals surface area contributed by atoms with Crippen LogP contribution in [0, 0.1) is 6.92 Å². The van der Waals surface area contributed by atoms with Gasteiger partial charge in [-0.3, -0.25) is 0 Å². The van der Waals surface area contributed by atoms with Crippen molar-refractivity contribution in [3.05, 3.63) is 47.0 Å². The van der Waals surface area contributed by atoms with Gasteiger partial charge < -0.3 is 10.5 Å². The van der Waals surface area contributed by atoms with Crippen molar-refractivity contribution in [2.45, 2.75) is 16.7 Å². The SMILES string of the molecule is COc1cccc(Sc2c(N)ccc(Cl)c2C)c1. The van der Waals surface area contributed by atoms with E-state index in [2.05, 4.69) is 0 Å². The second kappa shape index (κ2) is 5.55. The minimum atomic E-state index is 0.731. The fourth-order valence-electron chi connectivity index (χ4n) is 1.61. The summed E-state index contributed by atoms with van der Waals surface area (Å²) in [6.45, 7) is 1.97. The quantitative estimate of drug-likeness (QED) is 0.846. The lowest BCUT2D eigenvalue weighted by atomic mass is 10.2. The normalized spacial score (nSPS) is 10.4. The van der Waals surface area contributed by atoms with Gasteiger partial charge in [0, 0.05) is 20.5 Å². The van der Waals surface area contributed by atoms with Gasteiger partial charge in [-0.05, 0) is 42.8 Å². The number of hydrogen-bond donors (Lipinski definition) is 1. The standard InChI is InChI=1S/C14H14ClNOS/c1-9-12(15)6-7-13(16)14(9)18-11-5-3-4-10(8-11)17-2/h3-8H,16H2,1-2H3. The van der Waals surface area contributed by atoms with Crippen LogP contribution < -0.4 is 10.5 Å². The van der Waals surface area contributed by atoms with Crippen LogP contribution in [-0.4, -0.2) is 7.11 Å². The Hall–Kier alpha value is -1.32. The Morgan fingerprint density at radius 3 is 2.72 bits per heavy atom. The molecule has 2 rings (SSSR count). The highest BCUT2D eigenvalue weighted by atomic mass is 35.5. The lowest BCUT2D eigenvalue weighted by molar-refractivity contribution is 0.413. The van der Waals surface area contributed by atoms with Crippen LogP contribution in [0.15, 0.2) is 46.2 Å². The molecule has 0 aliphatic heterocycles. The molecular weight excluding hydrogens is 266 g/mol. The van der Waals surface area contributed by atoms with Crippen LogP contribution in [0.5, 0.6) is 5.75 Å². The Kier molecular flexibility index (Phi) is 4.04. The second-order valence-electron chi connectivity index (χ2n) is 3.87. The van der Waals surface area contributed by atoms with Gasteiger partial charge in [0.25, 0.3) is 0 Å². The molecule has 0 radical (unpaired) electrons. The molecule has 94 valence electrons. The van der Waals surface area contributed by atoms with Crippen molar-refractivity contribution in [2.24, 2.45) is 0 Å². The first-order valence-electron chi connectivity index (χ1n) is 5.48. The third-order valence-corrected chi connectivity index (χ3v) is 4.28. The molecule has 0 saturated carbocycles. The van der Waals surface area contributed by atoms with Crippen molar-refractivity contribution < 1.29 is 4.74 Å². The van der Waals surface area contributed by atoms with Crippen molar-refractivity contribution in [3.63, 3.8) is 0 Å². The number of rotatable bonds is 3. The largest absolute Gasteiger partial charge is 0.497 e. The fourth-order valence-corrected chi connectivity index (χ4v) is 2.83. The molecule has 0 bridgehead atoms. The van der Waals surface area contributed by atoms with Gasteiger partial charge in [-0.1, -0.05) is 29.4 Å². The molecule has 18 heavy (non-hydrogen) atoms. The maximum atomic E-state index is 6.12. The average molecular weight is 280 g/mol. The van der Waals surface area contributed by atoms with Gasteiger partial charge in [0.2, 0.25) is 0 Å². The van der Waals surface area contributed by atoms with Crippen molar-refractivity contribution in [2.75, 3.05) is 12.8 Å². The van der Waals surface area contributed by atoms with E-state index in [0.29, 0.717) is 0 Å². The van der Waals surface area contributed by atoms with Crippen LogP contribution in [0.3, 0.4) is 0 Å². The summed E-state index contributed by atoms with van der Waals surface area (Å²) in [4.78, 5) is 2.07. The van der Waals surface area contributed by atoms with Crippen LogP contribution in [0.1, 0.15) is 5.56 Å². The molecular formula is C14H14ClNOS. The lowest BCUT2D eigenvalue weighted by Gasteiger charge is -2.11. The number of nitrogen functional groups attached to an aromatic ring is 1. The Bertz CT molecular complexity index is 572. The Labute approximate surface area is 116 Å². The first-order valence-corrected chi connectivity index (χ1v) is 6.67.